The third kappa shape index (κ3) is 4.03. The number of carbonyl (C=O) groups excluding carboxylic acids is 1. The second-order valence-corrected chi connectivity index (χ2v) is 3.33. The van der Waals surface area contributed by atoms with E-state index in [0.29, 0.717) is 17.1 Å². The molecule has 1 aromatic carbocycles. The number of benzene rings is 1. The molecule has 0 atom stereocenters. The van der Waals surface area contributed by atoms with Gasteiger partial charge >= 0.3 is 0 Å². The smallest absolute Gasteiger partial charge is 0.248 e. The molecule has 1 amide bonds. The Morgan fingerprint density at radius 2 is 2.18 bits per heavy atom. The van der Waals surface area contributed by atoms with Crippen LogP contribution in [0.3, 0.4) is 0 Å². The van der Waals surface area contributed by atoms with Crippen molar-refractivity contribution >= 4 is 17.3 Å². The van der Waals surface area contributed by atoms with Crippen molar-refractivity contribution in [2.75, 3.05) is 18.2 Å². The van der Waals surface area contributed by atoms with Crippen LogP contribution in [-0.2, 0) is 4.79 Å². The van der Waals surface area contributed by atoms with Crippen LogP contribution in [0.25, 0.3) is 0 Å². The normalized spacial score (nSPS) is 10.9. The van der Waals surface area contributed by atoms with Gasteiger partial charge in [-0.2, -0.15) is 0 Å². The van der Waals surface area contributed by atoms with Gasteiger partial charge < -0.3 is 15.8 Å². The first kappa shape index (κ1) is 12.8. The first-order valence-corrected chi connectivity index (χ1v) is 5.21. The van der Waals surface area contributed by atoms with E-state index in [-0.39, 0.29) is 5.91 Å². The molecule has 4 heteroatoms. The Bertz CT molecular complexity index is 451. The molecule has 3 N–H and O–H groups in total. The SMILES string of the molecule is C/C=C/C=C/C(=O)Nc1ccc(N)c(OC)c1. The maximum absolute atomic E-state index is 11.5. The third-order valence-corrected chi connectivity index (χ3v) is 2.05. The monoisotopic (exact) mass is 232 g/mol. The summed E-state index contributed by atoms with van der Waals surface area (Å²) >= 11 is 0. The highest BCUT2D eigenvalue weighted by molar-refractivity contribution is 5.99. The van der Waals surface area contributed by atoms with Crippen LogP contribution in [-0.4, -0.2) is 13.0 Å². The lowest BCUT2D eigenvalue weighted by Gasteiger charge is -2.07. The van der Waals surface area contributed by atoms with E-state index in [1.807, 2.05) is 13.0 Å². The van der Waals surface area contributed by atoms with E-state index in [2.05, 4.69) is 5.32 Å². The van der Waals surface area contributed by atoms with E-state index in [9.17, 15) is 4.79 Å². The summed E-state index contributed by atoms with van der Waals surface area (Å²) in [6.45, 7) is 1.88. The van der Waals surface area contributed by atoms with Crippen LogP contribution in [0.4, 0.5) is 11.4 Å². The number of rotatable bonds is 4. The Hall–Kier alpha value is -2.23. The molecule has 0 unspecified atom stereocenters. The Balaban J connectivity index is 2.72. The van der Waals surface area contributed by atoms with Gasteiger partial charge in [0.2, 0.25) is 5.91 Å². The molecule has 90 valence electrons. The summed E-state index contributed by atoms with van der Waals surface area (Å²) in [5, 5.41) is 2.71. The molecule has 1 rings (SSSR count). The standard InChI is InChI=1S/C13H16N2O2/c1-3-4-5-6-13(16)15-10-7-8-11(14)12(9-10)17-2/h3-9H,14H2,1-2H3,(H,15,16)/b4-3+,6-5+. The Kier molecular flexibility index (Phi) is 4.81. The summed E-state index contributed by atoms with van der Waals surface area (Å²) in [5.41, 5.74) is 6.85. The summed E-state index contributed by atoms with van der Waals surface area (Å²) < 4.78 is 5.06. The van der Waals surface area contributed by atoms with Crippen LogP contribution in [0.5, 0.6) is 5.75 Å². The number of hydrogen-bond acceptors (Lipinski definition) is 3. The number of nitrogens with one attached hydrogen (secondary N) is 1. The lowest BCUT2D eigenvalue weighted by atomic mass is 10.2. The highest BCUT2D eigenvalue weighted by Crippen LogP contribution is 2.24. The summed E-state index contributed by atoms with van der Waals surface area (Å²) in [7, 11) is 1.53. The van der Waals surface area contributed by atoms with Crippen molar-refractivity contribution in [2.45, 2.75) is 6.92 Å². The van der Waals surface area contributed by atoms with E-state index in [4.69, 9.17) is 10.5 Å². The molecule has 0 fully saturated rings. The van der Waals surface area contributed by atoms with E-state index in [0.717, 1.165) is 0 Å². The minimum Gasteiger partial charge on any atom is -0.495 e. The number of hydrogen-bond donors (Lipinski definition) is 2. The molecule has 0 aliphatic carbocycles. The fraction of sp³-hybridized carbons (Fsp3) is 0.154. The van der Waals surface area contributed by atoms with E-state index in [1.165, 1.54) is 13.2 Å². The second-order valence-electron chi connectivity index (χ2n) is 3.33. The molecule has 0 spiro atoms. The number of amides is 1. The van der Waals surface area contributed by atoms with Crippen molar-refractivity contribution in [3.8, 4) is 5.75 Å². The highest BCUT2D eigenvalue weighted by atomic mass is 16.5. The predicted octanol–water partition coefficient (Wildman–Crippen LogP) is 2.35. The van der Waals surface area contributed by atoms with E-state index >= 15 is 0 Å². The first-order valence-electron chi connectivity index (χ1n) is 5.21. The lowest BCUT2D eigenvalue weighted by molar-refractivity contribution is -0.111. The van der Waals surface area contributed by atoms with Crippen LogP contribution in [0.2, 0.25) is 0 Å². The molecule has 4 nitrogen and oxygen atoms in total. The van der Waals surface area contributed by atoms with Gasteiger partial charge in [0.1, 0.15) is 5.75 Å². The van der Waals surface area contributed by atoms with Crippen molar-refractivity contribution < 1.29 is 9.53 Å². The van der Waals surface area contributed by atoms with Crippen LogP contribution >= 0.6 is 0 Å². The minimum atomic E-state index is -0.199. The highest BCUT2D eigenvalue weighted by Gasteiger charge is 2.02. The molecule has 0 aliphatic heterocycles. The minimum absolute atomic E-state index is 0.199. The summed E-state index contributed by atoms with van der Waals surface area (Å²) in [6, 6.07) is 5.08. The average molecular weight is 232 g/mol. The zero-order valence-corrected chi connectivity index (χ0v) is 9.94. The predicted molar refractivity (Wildman–Crippen MR) is 70.0 cm³/mol. The molecule has 0 aromatic heterocycles. The van der Waals surface area contributed by atoms with Crippen molar-refractivity contribution in [1.29, 1.82) is 0 Å². The van der Waals surface area contributed by atoms with Gasteiger partial charge in [0, 0.05) is 17.8 Å². The Morgan fingerprint density at radius 3 is 2.82 bits per heavy atom. The number of nitrogens with two attached hydrogens (primary N) is 1. The van der Waals surface area contributed by atoms with Gasteiger partial charge in [-0.25, -0.2) is 0 Å². The summed E-state index contributed by atoms with van der Waals surface area (Å²) in [6.07, 6.45) is 6.74. The zero-order chi connectivity index (χ0) is 12.7. The molecule has 0 aliphatic rings. The molecule has 0 heterocycles. The fourth-order valence-electron chi connectivity index (χ4n) is 1.23. The maximum atomic E-state index is 11.5. The Labute approximate surface area is 101 Å². The lowest BCUT2D eigenvalue weighted by Crippen LogP contribution is -2.08. The van der Waals surface area contributed by atoms with E-state index in [1.54, 1.807) is 30.4 Å². The molecule has 0 saturated heterocycles. The number of anilines is 2. The largest absolute Gasteiger partial charge is 0.495 e. The molecule has 0 radical (unpaired) electrons. The van der Waals surface area contributed by atoms with Crippen molar-refractivity contribution in [3.05, 3.63) is 42.5 Å². The van der Waals surface area contributed by atoms with Crippen LogP contribution in [0.1, 0.15) is 6.92 Å². The van der Waals surface area contributed by atoms with Gasteiger partial charge in [0.05, 0.1) is 12.8 Å². The van der Waals surface area contributed by atoms with Gasteiger partial charge in [-0.05, 0) is 19.1 Å². The fourth-order valence-corrected chi connectivity index (χ4v) is 1.23. The summed E-state index contributed by atoms with van der Waals surface area (Å²) in [5.74, 6) is 0.343. The average Bonchev–Trinajstić information content (AvgIpc) is 2.32. The second kappa shape index (κ2) is 6.37. The molecule has 0 bridgehead atoms. The Morgan fingerprint density at radius 1 is 1.41 bits per heavy atom. The van der Waals surface area contributed by atoms with Crippen LogP contribution in [0.15, 0.2) is 42.5 Å². The number of allylic oxidation sites excluding steroid dienone is 3. The number of methoxy groups -OCH3 is 1. The number of ether oxygens (including phenoxy) is 1. The molecule has 17 heavy (non-hydrogen) atoms. The van der Waals surface area contributed by atoms with Gasteiger partial charge in [-0.3, -0.25) is 4.79 Å². The van der Waals surface area contributed by atoms with Gasteiger partial charge in [0.25, 0.3) is 0 Å². The van der Waals surface area contributed by atoms with Crippen molar-refractivity contribution in [1.82, 2.24) is 0 Å². The van der Waals surface area contributed by atoms with Gasteiger partial charge in [-0.15, -0.1) is 0 Å². The number of carbonyl (C=O) groups is 1. The summed E-state index contributed by atoms with van der Waals surface area (Å²) in [4.78, 5) is 11.5. The topological polar surface area (TPSA) is 64.4 Å². The third-order valence-electron chi connectivity index (χ3n) is 2.05. The first-order chi connectivity index (χ1) is 8.17. The maximum Gasteiger partial charge on any atom is 0.248 e. The van der Waals surface area contributed by atoms with Crippen LogP contribution < -0.4 is 15.8 Å². The van der Waals surface area contributed by atoms with Crippen molar-refractivity contribution in [3.63, 3.8) is 0 Å². The number of nitrogen functional groups attached to an aromatic ring is 1. The molecule has 1 aromatic rings. The van der Waals surface area contributed by atoms with Crippen molar-refractivity contribution in [2.24, 2.45) is 0 Å². The van der Waals surface area contributed by atoms with E-state index < -0.39 is 0 Å². The molecular weight excluding hydrogens is 216 g/mol. The van der Waals surface area contributed by atoms with Gasteiger partial charge in [-0.1, -0.05) is 18.2 Å². The quantitative estimate of drug-likeness (QED) is 0.476. The van der Waals surface area contributed by atoms with Gasteiger partial charge in [0.15, 0.2) is 0 Å². The molecular formula is C13H16N2O2. The van der Waals surface area contributed by atoms with Crippen LogP contribution in [0, 0.1) is 0 Å². The molecule has 0 saturated carbocycles. The zero-order valence-electron chi connectivity index (χ0n) is 9.94.